The maximum Gasteiger partial charge on any atom is 0.247 e. The summed E-state index contributed by atoms with van der Waals surface area (Å²) in [6.07, 6.45) is 2.63. The van der Waals surface area contributed by atoms with Crippen molar-refractivity contribution in [2.24, 2.45) is 11.5 Å². The SMILES string of the molecule is NCCOC[C@H](N)C(=O)N[C@H](CCc1ccccc1)C(=O)Nc1cnc2ccccc2c1. The van der Waals surface area contributed by atoms with Crippen molar-refractivity contribution in [2.45, 2.75) is 24.9 Å². The normalized spacial score (nSPS) is 12.8. The van der Waals surface area contributed by atoms with Gasteiger partial charge in [-0.1, -0.05) is 48.5 Å². The number of hydrogen-bond donors (Lipinski definition) is 4. The lowest BCUT2D eigenvalue weighted by Crippen LogP contribution is -2.51. The first-order valence-corrected chi connectivity index (χ1v) is 10.6. The summed E-state index contributed by atoms with van der Waals surface area (Å²) in [6.45, 7) is 0.689. The van der Waals surface area contributed by atoms with E-state index in [1.807, 2.05) is 60.7 Å². The van der Waals surface area contributed by atoms with Crippen molar-refractivity contribution in [1.82, 2.24) is 10.3 Å². The first-order valence-electron chi connectivity index (χ1n) is 10.6. The van der Waals surface area contributed by atoms with Gasteiger partial charge in [-0.2, -0.15) is 0 Å². The molecule has 6 N–H and O–H groups in total. The number of hydrogen-bond acceptors (Lipinski definition) is 6. The molecule has 0 aliphatic heterocycles. The van der Waals surface area contributed by atoms with Crippen LogP contribution < -0.4 is 22.1 Å². The van der Waals surface area contributed by atoms with E-state index in [2.05, 4.69) is 15.6 Å². The summed E-state index contributed by atoms with van der Waals surface area (Å²) in [7, 11) is 0. The number of fused-ring (bicyclic) bond motifs is 1. The number of nitrogens with two attached hydrogens (primary N) is 2. The van der Waals surface area contributed by atoms with Gasteiger partial charge in [0.25, 0.3) is 0 Å². The van der Waals surface area contributed by atoms with Crippen LogP contribution in [0.25, 0.3) is 10.9 Å². The second-order valence-corrected chi connectivity index (χ2v) is 7.46. The first-order chi connectivity index (χ1) is 15.6. The van der Waals surface area contributed by atoms with Crippen LogP contribution in [0.2, 0.25) is 0 Å². The van der Waals surface area contributed by atoms with E-state index in [1.165, 1.54) is 0 Å². The molecular formula is C24H29N5O3. The van der Waals surface area contributed by atoms with Crippen LogP contribution in [0.4, 0.5) is 5.69 Å². The van der Waals surface area contributed by atoms with E-state index in [4.69, 9.17) is 16.2 Å². The van der Waals surface area contributed by atoms with E-state index in [0.29, 0.717) is 31.7 Å². The molecule has 3 aromatic rings. The number of nitrogens with zero attached hydrogens (tertiary/aromatic N) is 1. The number of amides is 2. The highest BCUT2D eigenvalue weighted by Gasteiger charge is 2.24. The van der Waals surface area contributed by atoms with Crippen molar-refractivity contribution >= 4 is 28.4 Å². The number of rotatable bonds is 11. The summed E-state index contributed by atoms with van der Waals surface area (Å²) in [5.41, 5.74) is 13.8. The van der Waals surface area contributed by atoms with E-state index >= 15 is 0 Å². The monoisotopic (exact) mass is 435 g/mol. The fourth-order valence-corrected chi connectivity index (χ4v) is 3.24. The number of anilines is 1. The van der Waals surface area contributed by atoms with Crippen LogP contribution in [0.5, 0.6) is 0 Å². The minimum atomic E-state index is -0.893. The zero-order valence-electron chi connectivity index (χ0n) is 17.9. The molecule has 8 nitrogen and oxygen atoms in total. The summed E-state index contributed by atoms with van der Waals surface area (Å²) >= 11 is 0. The third-order valence-corrected chi connectivity index (χ3v) is 4.95. The molecule has 0 aliphatic rings. The first kappa shape index (κ1) is 23.3. The largest absolute Gasteiger partial charge is 0.378 e. The van der Waals surface area contributed by atoms with Gasteiger partial charge in [0.2, 0.25) is 11.8 Å². The van der Waals surface area contributed by atoms with Crippen molar-refractivity contribution in [3.05, 3.63) is 72.4 Å². The highest BCUT2D eigenvalue weighted by atomic mass is 16.5. The summed E-state index contributed by atoms with van der Waals surface area (Å²) < 4.78 is 5.25. The number of benzene rings is 2. The number of carbonyl (C=O) groups excluding carboxylic acids is 2. The van der Waals surface area contributed by atoms with Crippen molar-refractivity contribution in [3.8, 4) is 0 Å². The Balaban J connectivity index is 1.69. The lowest BCUT2D eigenvalue weighted by Gasteiger charge is -2.21. The van der Waals surface area contributed by atoms with E-state index in [0.717, 1.165) is 16.5 Å². The molecule has 0 saturated heterocycles. The molecule has 0 radical (unpaired) electrons. The summed E-state index contributed by atoms with van der Waals surface area (Å²) in [5.74, 6) is -0.784. The van der Waals surface area contributed by atoms with E-state index in [-0.39, 0.29) is 12.5 Å². The van der Waals surface area contributed by atoms with Crippen LogP contribution in [0.3, 0.4) is 0 Å². The molecule has 0 bridgehead atoms. The van der Waals surface area contributed by atoms with Gasteiger partial charge >= 0.3 is 0 Å². The van der Waals surface area contributed by atoms with E-state index < -0.39 is 18.0 Å². The van der Waals surface area contributed by atoms with Crippen molar-refractivity contribution < 1.29 is 14.3 Å². The smallest absolute Gasteiger partial charge is 0.247 e. The Labute approximate surface area is 187 Å². The highest BCUT2D eigenvalue weighted by Crippen LogP contribution is 2.17. The molecule has 0 aliphatic carbocycles. The van der Waals surface area contributed by atoms with Crippen LogP contribution in [0.1, 0.15) is 12.0 Å². The van der Waals surface area contributed by atoms with Gasteiger partial charge in [0.15, 0.2) is 0 Å². The van der Waals surface area contributed by atoms with Crippen LogP contribution >= 0.6 is 0 Å². The Morgan fingerprint density at radius 2 is 1.78 bits per heavy atom. The van der Waals surface area contributed by atoms with Gasteiger partial charge in [-0.3, -0.25) is 14.6 Å². The van der Waals surface area contributed by atoms with Gasteiger partial charge in [0.1, 0.15) is 12.1 Å². The summed E-state index contributed by atoms with van der Waals surface area (Å²) in [4.78, 5) is 30.0. The Morgan fingerprint density at radius 1 is 1.03 bits per heavy atom. The van der Waals surface area contributed by atoms with E-state index in [9.17, 15) is 9.59 Å². The Kier molecular flexibility index (Phi) is 8.68. The van der Waals surface area contributed by atoms with Crippen molar-refractivity contribution in [3.63, 3.8) is 0 Å². The standard InChI is InChI=1S/C24H29N5O3/c25-12-13-32-16-20(26)23(30)29-22(11-10-17-6-2-1-3-7-17)24(31)28-19-14-18-8-4-5-9-21(18)27-15-19/h1-9,14-15,20,22H,10-13,16,25-26H2,(H,28,31)(H,29,30)/t20-,22+/m0/s1. The topological polar surface area (TPSA) is 132 Å². The van der Waals surface area contributed by atoms with Crippen LogP contribution in [0, 0.1) is 0 Å². The van der Waals surface area contributed by atoms with Gasteiger partial charge in [-0.25, -0.2) is 0 Å². The van der Waals surface area contributed by atoms with Gasteiger partial charge in [0, 0.05) is 11.9 Å². The second-order valence-electron chi connectivity index (χ2n) is 7.46. The van der Waals surface area contributed by atoms with Crippen LogP contribution in [-0.4, -0.2) is 48.6 Å². The second kappa shape index (κ2) is 11.9. The Bertz CT molecular complexity index is 1030. The van der Waals surface area contributed by atoms with Crippen LogP contribution in [-0.2, 0) is 20.7 Å². The molecule has 2 atom stereocenters. The van der Waals surface area contributed by atoms with Crippen molar-refractivity contribution in [1.29, 1.82) is 0 Å². The third-order valence-electron chi connectivity index (χ3n) is 4.95. The van der Waals surface area contributed by atoms with Gasteiger partial charge in [-0.05, 0) is 30.5 Å². The van der Waals surface area contributed by atoms with Gasteiger partial charge in [-0.15, -0.1) is 0 Å². The average molecular weight is 436 g/mol. The molecule has 0 spiro atoms. The molecule has 8 heteroatoms. The maximum atomic E-state index is 13.0. The Hall–Kier alpha value is -3.33. The fourth-order valence-electron chi connectivity index (χ4n) is 3.24. The molecule has 168 valence electrons. The molecule has 1 aromatic heterocycles. The molecule has 2 amide bonds. The molecule has 0 unspecified atom stereocenters. The molecule has 1 heterocycles. The minimum absolute atomic E-state index is 0.0324. The molecule has 32 heavy (non-hydrogen) atoms. The van der Waals surface area contributed by atoms with E-state index in [1.54, 1.807) is 6.20 Å². The van der Waals surface area contributed by atoms with Gasteiger partial charge in [0.05, 0.1) is 30.6 Å². The zero-order valence-corrected chi connectivity index (χ0v) is 17.9. The maximum absolute atomic E-state index is 13.0. The van der Waals surface area contributed by atoms with Gasteiger partial charge < -0.3 is 26.8 Å². The number of pyridine rings is 1. The third kappa shape index (κ3) is 6.84. The predicted molar refractivity (Wildman–Crippen MR) is 125 cm³/mol. The lowest BCUT2D eigenvalue weighted by atomic mass is 10.0. The zero-order chi connectivity index (χ0) is 22.8. The quantitative estimate of drug-likeness (QED) is 0.338. The minimum Gasteiger partial charge on any atom is -0.378 e. The predicted octanol–water partition coefficient (Wildman–Crippen LogP) is 1.59. The summed E-state index contributed by atoms with van der Waals surface area (Å²) in [6, 6.07) is 17.6. The molecular weight excluding hydrogens is 406 g/mol. The lowest BCUT2D eigenvalue weighted by molar-refractivity contribution is -0.128. The Morgan fingerprint density at radius 3 is 2.56 bits per heavy atom. The number of ether oxygens (including phenoxy) is 1. The molecule has 0 saturated carbocycles. The summed E-state index contributed by atoms with van der Waals surface area (Å²) in [5, 5.41) is 6.54. The van der Waals surface area contributed by atoms with Crippen LogP contribution in [0.15, 0.2) is 66.9 Å². The van der Waals surface area contributed by atoms with Crippen molar-refractivity contribution in [2.75, 3.05) is 25.1 Å². The molecule has 3 rings (SSSR count). The average Bonchev–Trinajstić information content (AvgIpc) is 2.82. The fraction of sp³-hybridized carbons (Fsp3) is 0.292. The number of nitrogens with one attached hydrogen (secondary N) is 2. The number of aryl methyl sites for hydroxylation is 1. The molecule has 0 fully saturated rings. The number of carbonyl (C=O) groups is 2. The number of para-hydroxylation sites is 1. The number of aromatic nitrogens is 1. The molecule has 2 aromatic carbocycles. The highest BCUT2D eigenvalue weighted by molar-refractivity contribution is 5.98.